The Hall–Kier alpha value is -2.83. The molecule has 0 aliphatic heterocycles. The van der Waals surface area contributed by atoms with Crippen molar-refractivity contribution in [2.24, 2.45) is 5.41 Å². The van der Waals surface area contributed by atoms with Gasteiger partial charge >= 0.3 is 5.97 Å². The van der Waals surface area contributed by atoms with Crippen molar-refractivity contribution in [3.05, 3.63) is 36.0 Å². The highest BCUT2D eigenvalue weighted by molar-refractivity contribution is 5.92. The maximum Gasteiger partial charge on any atom is 0.326 e. The van der Waals surface area contributed by atoms with Crippen LogP contribution in [-0.2, 0) is 20.8 Å². The minimum atomic E-state index is -1.13. The van der Waals surface area contributed by atoms with E-state index in [-0.39, 0.29) is 12.3 Å². The summed E-state index contributed by atoms with van der Waals surface area (Å²) in [5.41, 5.74) is 1.08. The van der Waals surface area contributed by atoms with Crippen molar-refractivity contribution in [2.75, 3.05) is 0 Å². The van der Waals surface area contributed by atoms with Crippen LogP contribution in [0.25, 0.3) is 10.9 Å². The highest BCUT2D eigenvalue weighted by Crippen LogP contribution is 2.19. The van der Waals surface area contributed by atoms with Crippen LogP contribution < -0.4 is 10.6 Å². The van der Waals surface area contributed by atoms with Crippen molar-refractivity contribution in [3.8, 4) is 0 Å². The van der Waals surface area contributed by atoms with Crippen LogP contribution in [0, 0.1) is 5.41 Å². The molecule has 1 aromatic heterocycles. The summed E-state index contributed by atoms with van der Waals surface area (Å²) in [5, 5.41) is 15.5. The lowest BCUT2D eigenvalue weighted by Crippen LogP contribution is -2.52. The van der Waals surface area contributed by atoms with Crippen molar-refractivity contribution in [3.63, 3.8) is 0 Å². The Morgan fingerprint density at radius 3 is 2.42 bits per heavy atom. The summed E-state index contributed by atoms with van der Waals surface area (Å²) in [6, 6.07) is 5.64. The number of carboxylic acid groups (broad SMARTS) is 1. The van der Waals surface area contributed by atoms with Crippen LogP contribution in [0.5, 0.6) is 0 Å². The highest BCUT2D eigenvalue weighted by Gasteiger charge is 2.28. The molecule has 0 spiro atoms. The van der Waals surface area contributed by atoms with E-state index in [4.69, 9.17) is 0 Å². The normalized spacial score (nSPS) is 13.8. The Bertz CT molecular complexity index is 820. The van der Waals surface area contributed by atoms with Crippen molar-refractivity contribution in [1.29, 1.82) is 0 Å². The average Bonchev–Trinajstić information content (AvgIpc) is 2.96. The summed E-state index contributed by atoms with van der Waals surface area (Å²) < 4.78 is 0. The maximum atomic E-state index is 12.3. The molecule has 0 saturated heterocycles. The number of nitrogens with one attached hydrogen (secondary N) is 3. The number of rotatable bonds is 6. The maximum absolute atomic E-state index is 12.3. The number of aromatic amines is 1. The van der Waals surface area contributed by atoms with E-state index < -0.39 is 29.4 Å². The lowest BCUT2D eigenvalue weighted by atomic mass is 9.95. The summed E-state index contributed by atoms with van der Waals surface area (Å²) in [5.74, 6) is -1.93. The molecule has 4 N–H and O–H groups in total. The zero-order chi connectivity index (χ0) is 19.5. The number of aromatic nitrogens is 1. The van der Waals surface area contributed by atoms with Crippen LogP contribution in [0.1, 0.15) is 33.3 Å². The van der Waals surface area contributed by atoms with Gasteiger partial charge in [-0.2, -0.15) is 0 Å². The first kappa shape index (κ1) is 19.5. The van der Waals surface area contributed by atoms with Gasteiger partial charge in [0.2, 0.25) is 11.8 Å². The summed E-state index contributed by atoms with van der Waals surface area (Å²) in [4.78, 5) is 39.0. The molecule has 2 aromatic rings. The van der Waals surface area contributed by atoms with Crippen LogP contribution in [0.2, 0.25) is 0 Å². The van der Waals surface area contributed by atoms with Crippen LogP contribution in [0.4, 0.5) is 0 Å². The minimum absolute atomic E-state index is 0.144. The van der Waals surface area contributed by atoms with Crippen LogP contribution in [0.15, 0.2) is 30.5 Å². The lowest BCUT2D eigenvalue weighted by Gasteiger charge is -2.23. The molecule has 2 atom stereocenters. The topological polar surface area (TPSA) is 111 Å². The number of hydrogen-bond acceptors (Lipinski definition) is 3. The predicted molar refractivity (Wildman–Crippen MR) is 98.6 cm³/mol. The number of H-pyrrole nitrogens is 1. The van der Waals surface area contributed by atoms with Crippen LogP contribution in [-0.4, -0.2) is 40.0 Å². The third kappa shape index (κ3) is 4.62. The van der Waals surface area contributed by atoms with Gasteiger partial charge in [-0.1, -0.05) is 39.0 Å². The molecule has 26 heavy (non-hydrogen) atoms. The number of benzene rings is 1. The molecule has 7 heteroatoms. The quantitative estimate of drug-likeness (QED) is 0.630. The van der Waals surface area contributed by atoms with Gasteiger partial charge < -0.3 is 20.7 Å². The van der Waals surface area contributed by atoms with Gasteiger partial charge in [-0.15, -0.1) is 0 Å². The fraction of sp³-hybridized carbons (Fsp3) is 0.421. The van der Waals surface area contributed by atoms with E-state index in [2.05, 4.69) is 15.6 Å². The molecule has 0 aliphatic rings. The van der Waals surface area contributed by atoms with Gasteiger partial charge in [-0.25, -0.2) is 4.79 Å². The van der Waals surface area contributed by atoms with E-state index >= 15 is 0 Å². The third-order valence-corrected chi connectivity index (χ3v) is 4.14. The zero-order valence-corrected chi connectivity index (χ0v) is 15.4. The molecular weight excluding hydrogens is 334 g/mol. The summed E-state index contributed by atoms with van der Waals surface area (Å²) in [7, 11) is 0. The number of hydrogen-bond donors (Lipinski definition) is 4. The first-order chi connectivity index (χ1) is 12.1. The fourth-order valence-corrected chi connectivity index (χ4v) is 2.50. The second kappa shape index (κ2) is 7.59. The standard InChI is InChI=1S/C19H25N3O4/c1-11(21-18(26)19(2,3)4)16(23)22-15(17(24)25)9-12-10-20-14-8-6-5-7-13(12)14/h5-8,10-11,15,20H,9H2,1-4H3,(H,21,26)(H,22,23)(H,24,25)/t11-,15-/m0/s1. The van der Waals surface area contributed by atoms with E-state index in [0.29, 0.717) is 0 Å². The fourth-order valence-electron chi connectivity index (χ4n) is 2.50. The van der Waals surface area contributed by atoms with Gasteiger partial charge in [-0.05, 0) is 18.6 Å². The largest absolute Gasteiger partial charge is 0.480 e. The number of carbonyl (C=O) groups is 3. The molecule has 0 fully saturated rings. The number of carbonyl (C=O) groups excluding carboxylic acids is 2. The van der Waals surface area contributed by atoms with Crippen molar-refractivity contribution >= 4 is 28.7 Å². The summed E-state index contributed by atoms with van der Waals surface area (Å²) in [6.07, 6.45) is 1.89. The van der Waals surface area contributed by atoms with Gasteiger partial charge in [-0.3, -0.25) is 9.59 Å². The number of fused-ring (bicyclic) bond motifs is 1. The highest BCUT2D eigenvalue weighted by atomic mass is 16.4. The number of para-hydroxylation sites is 1. The van der Waals surface area contributed by atoms with E-state index in [1.54, 1.807) is 27.0 Å². The van der Waals surface area contributed by atoms with Crippen LogP contribution >= 0.6 is 0 Å². The van der Waals surface area contributed by atoms with Crippen molar-refractivity contribution < 1.29 is 19.5 Å². The van der Waals surface area contributed by atoms with E-state index in [1.165, 1.54) is 6.92 Å². The Balaban J connectivity index is 2.07. The van der Waals surface area contributed by atoms with Gasteiger partial charge in [0, 0.05) is 28.9 Å². The monoisotopic (exact) mass is 359 g/mol. The third-order valence-electron chi connectivity index (χ3n) is 4.14. The van der Waals surface area contributed by atoms with Crippen molar-refractivity contribution in [2.45, 2.75) is 46.2 Å². The molecule has 2 amide bonds. The van der Waals surface area contributed by atoms with Gasteiger partial charge in [0.05, 0.1) is 0 Å². The molecule has 2 rings (SSSR count). The molecule has 0 saturated carbocycles. The Morgan fingerprint density at radius 2 is 1.81 bits per heavy atom. The Morgan fingerprint density at radius 1 is 1.15 bits per heavy atom. The van der Waals surface area contributed by atoms with Gasteiger partial charge in [0.25, 0.3) is 0 Å². The second-order valence-electron chi connectivity index (χ2n) is 7.41. The molecule has 140 valence electrons. The number of aliphatic carboxylic acids is 1. The Kier molecular flexibility index (Phi) is 5.69. The molecule has 1 heterocycles. The number of amides is 2. The SMILES string of the molecule is C[C@H](NC(=O)C(C)(C)C)C(=O)N[C@@H](Cc1c[nH]c2ccccc12)C(=O)O. The van der Waals surface area contributed by atoms with Gasteiger partial charge in [0.1, 0.15) is 12.1 Å². The Labute approximate surface area is 152 Å². The molecule has 1 aromatic carbocycles. The molecule has 0 bridgehead atoms. The lowest BCUT2D eigenvalue weighted by molar-refractivity contribution is -0.142. The molecule has 0 unspecified atom stereocenters. The molecule has 0 radical (unpaired) electrons. The van der Waals surface area contributed by atoms with E-state index in [1.807, 2.05) is 24.3 Å². The van der Waals surface area contributed by atoms with Crippen molar-refractivity contribution in [1.82, 2.24) is 15.6 Å². The molecule has 0 aliphatic carbocycles. The molecular formula is C19H25N3O4. The first-order valence-corrected chi connectivity index (χ1v) is 8.48. The van der Waals surface area contributed by atoms with Crippen LogP contribution in [0.3, 0.4) is 0 Å². The average molecular weight is 359 g/mol. The van der Waals surface area contributed by atoms with E-state index in [9.17, 15) is 19.5 Å². The zero-order valence-electron chi connectivity index (χ0n) is 15.4. The first-order valence-electron chi connectivity index (χ1n) is 8.48. The van der Waals surface area contributed by atoms with E-state index in [0.717, 1.165) is 16.5 Å². The summed E-state index contributed by atoms with van der Waals surface area (Å²) >= 11 is 0. The smallest absolute Gasteiger partial charge is 0.326 e. The number of carboxylic acids is 1. The summed E-state index contributed by atoms with van der Waals surface area (Å²) in [6.45, 7) is 6.75. The van der Waals surface area contributed by atoms with Gasteiger partial charge in [0.15, 0.2) is 0 Å². The second-order valence-corrected chi connectivity index (χ2v) is 7.41. The predicted octanol–water partition coefficient (Wildman–Crippen LogP) is 1.83. The minimum Gasteiger partial charge on any atom is -0.480 e. The molecule has 7 nitrogen and oxygen atoms in total.